The Kier molecular flexibility index (Phi) is 5.07. The van der Waals surface area contributed by atoms with Crippen LogP contribution in [0.1, 0.15) is 49.4 Å². The lowest BCUT2D eigenvalue weighted by Crippen LogP contribution is -2.47. The summed E-state index contributed by atoms with van der Waals surface area (Å²) >= 11 is 0. The number of ether oxygens (including phenoxy) is 1. The molecule has 2 aliphatic rings. The topological polar surface area (TPSA) is 63.0 Å². The van der Waals surface area contributed by atoms with Gasteiger partial charge < -0.3 is 19.8 Å². The standard InChI is InChI=1S/C24H29N5O/c1-25-23(26-14-11-18-17-29-15-7-4-10-22(29)27-18)28-20-16-24(12-5-6-13-24)30-21-9-3-2-8-19(20)21/h2-4,7-10,15,17,20H,5-6,11-14,16H2,1H3,(H2,25,26,28). The quantitative estimate of drug-likeness (QED) is 0.513. The van der Waals surface area contributed by atoms with Crippen LogP contribution in [0, 0.1) is 0 Å². The smallest absolute Gasteiger partial charge is 0.191 e. The third-order valence-electron chi connectivity index (χ3n) is 6.33. The first-order valence-corrected chi connectivity index (χ1v) is 10.9. The fraction of sp³-hybridized carbons (Fsp3) is 0.417. The van der Waals surface area contributed by atoms with Crippen molar-refractivity contribution in [3.63, 3.8) is 0 Å². The van der Waals surface area contributed by atoms with Crippen molar-refractivity contribution in [2.75, 3.05) is 13.6 Å². The van der Waals surface area contributed by atoms with Gasteiger partial charge in [-0.2, -0.15) is 0 Å². The zero-order chi connectivity index (χ0) is 20.4. The van der Waals surface area contributed by atoms with Crippen LogP contribution in [-0.4, -0.2) is 34.5 Å². The summed E-state index contributed by atoms with van der Waals surface area (Å²) in [5.74, 6) is 1.84. The van der Waals surface area contributed by atoms with E-state index in [0.717, 1.165) is 55.3 Å². The van der Waals surface area contributed by atoms with Gasteiger partial charge in [0, 0.05) is 44.4 Å². The molecule has 1 aliphatic carbocycles. The van der Waals surface area contributed by atoms with Crippen LogP contribution in [0.15, 0.2) is 59.9 Å². The highest BCUT2D eigenvalue weighted by Gasteiger charge is 2.43. The molecule has 6 nitrogen and oxygen atoms in total. The lowest BCUT2D eigenvalue weighted by atomic mass is 9.86. The number of guanidine groups is 1. The van der Waals surface area contributed by atoms with Crippen molar-refractivity contribution in [2.45, 2.75) is 50.2 Å². The minimum atomic E-state index is -0.0264. The number of para-hydroxylation sites is 1. The van der Waals surface area contributed by atoms with E-state index in [1.54, 1.807) is 0 Å². The van der Waals surface area contributed by atoms with Crippen molar-refractivity contribution in [1.29, 1.82) is 0 Å². The molecule has 5 rings (SSSR count). The first kappa shape index (κ1) is 19.0. The lowest BCUT2D eigenvalue weighted by Gasteiger charge is -2.40. The molecule has 1 atom stereocenters. The minimum absolute atomic E-state index is 0.0264. The maximum absolute atomic E-state index is 6.48. The number of aromatic nitrogens is 2. The molecule has 1 unspecified atom stereocenters. The number of pyridine rings is 1. The van der Waals surface area contributed by atoms with E-state index in [4.69, 9.17) is 4.74 Å². The number of fused-ring (bicyclic) bond motifs is 2. The summed E-state index contributed by atoms with van der Waals surface area (Å²) in [6.07, 6.45) is 10.7. The number of benzene rings is 1. The summed E-state index contributed by atoms with van der Waals surface area (Å²) < 4.78 is 8.54. The second-order valence-corrected chi connectivity index (χ2v) is 8.38. The van der Waals surface area contributed by atoms with Gasteiger partial charge in [-0.1, -0.05) is 24.3 Å². The van der Waals surface area contributed by atoms with Gasteiger partial charge in [-0.05, 0) is 43.9 Å². The van der Waals surface area contributed by atoms with Gasteiger partial charge in [0.2, 0.25) is 0 Å². The molecule has 2 N–H and O–H groups in total. The average molecular weight is 404 g/mol. The number of nitrogens with one attached hydrogen (secondary N) is 2. The van der Waals surface area contributed by atoms with Crippen molar-refractivity contribution in [1.82, 2.24) is 20.0 Å². The molecule has 6 heteroatoms. The van der Waals surface area contributed by atoms with Crippen LogP contribution in [0.4, 0.5) is 0 Å². The fourth-order valence-electron chi connectivity index (χ4n) is 4.85. The van der Waals surface area contributed by atoms with Crippen molar-refractivity contribution in [3.05, 3.63) is 66.1 Å². The summed E-state index contributed by atoms with van der Waals surface area (Å²) in [5.41, 5.74) is 3.25. The molecular weight excluding hydrogens is 374 g/mol. The van der Waals surface area contributed by atoms with E-state index in [1.807, 2.05) is 31.4 Å². The number of nitrogens with zero attached hydrogens (tertiary/aromatic N) is 3. The molecular formula is C24H29N5O. The number of hydrogen-bond donors (Lipinski definition) is 2. The largest absolute Gasteiger partial charge is 0.487 e. The third kappa shape index (κ3) is 3.74. The Bertz CT molecular complexity index is 1020. The molecule has 1 aromatic carbocycles. The van der Waals surface area contributed by atoms with Gasteiger partial charge in [0.1, 0.15) is 17.0 Å². The summed E-state index contributed by atoms with van der Waals surface area (Å²) in [5, 5.41) is 7.13. The van der Waals surface area contributed by atoms with E-state index in [9.17, 15) is 0 Å². The molecule has 0 saturated heterocycles. The molecule has 1 aliphatic heterocycles. The summed E-state index contributed by atoms with van der Waals surface area (Å²) in [7, 11) is 1.83. The van der Waals surface area contributed by atoms with Crippen molar-refractivity contribution >= 4 is 11.6 Å². The van der Waals surface area contributed by atoms with Gasteiger partial charge in [-0.25, -0.2) is 4.98 Å². The monoisotopic (exact) mass is 403 g/mol. The second kappa shape index (κ2) is 8.01. The molecule has 156 valence electrons. The van der Waals surface area contributed by atoms with Gasteiger partial charge in [-0.15, -0.1) is 0 Å². The Balaban J connectivity index is 1.25. The van der Waals surface area contributed by atoms with Crippen LogP contribution in [0.25, 0.3) is 5.65 Å². The van der Waals surface area contributed by atoms with E-state index in [-0.39, 0.29) is 11.6 Å². The van der Waals surface area contributed by atoms with E-state index in [2.05, 4.69) is 55.5 Å². The van der Waals surface area contributed by atoms with Crippen LogP contribution in [0.2, 0.25) is 0 Å². The van der Waals surface area contributed by atoms with E-state index in [0.29, 0.717) is 0 Å². The number of hydrogen-bond acceptors (Lipinski definition) is 3. The first-order chi connectivity index (χ1) is 14.7. The minimum Gasteiger partial charge on any atom is -0.487 e. The molecule has 3 aromatic rings. The van der Waals surface area contributed by atoms with E-state index >= 15 is 0 Å². The molecule has 2 aromatic heterocycles. The van der Waals surface area contributed by atoms with E-state index < -0.39 is 0 Å². The second-order valence-electron chi connectivity index (χ2n) is 8.38. The van der Waals surface area contributed by atoms with Gasteiger partial charge >= 0.3 is 0 Å². The molecule has 0 bridgehead atoms. The van der Waals surface area contributed by atoms with Gasteiger partial charge in [-0.3, -0.25) is 4.99 Å². The van der Waals surface area contributed by atoms with Crippen LogP contribution in [0.5, 0.6) is 5.75 Å². The average Bonchev–Trinajstić information content (AvgIpc) is 3.39. The highest BCUT2D eigenvalue weighted by atomic mass is 16.5. The summed E-state index contributed by atoms with van der Waals surface area (Å²) in [6, 6.07) is 14.7. The molecule has 30 heavy (non-hydrogen) atoms. The Morgan fingerprint density at radius 1 is 1.20 bits per heavy atom. The summed E-state index contributed by atoms with van der Waals surface area (Å²) in [6.45, 7) is 0.777. The van der Waals surface area contributed by atoms with E-state index in [1.165, 1.54) is 18.4 Å². The molecule has 1 saturated carbocycles. The number of rotatable bonds is 4. The zero-order valence-electron chi connectivity index (χ0n) is 17.5. The Morgan fingerprint density at radius 3 is 2.87 bits per heavy atom. The summed E-state index contributed by atoms with van der Waals surface area (Å²) in [4.78, 5) is 9.15. The fourth-order valence-corrected chi connectivity index (χ4v) is 4.85. The van der Waals surface area contributed by atoms with Gasteiger partial charge in [0.05, 0.1) is 11.7 Å². The molecule has 1 spiro atoms. The van der Waals surface area contributed by atoms with Crippen LogP contribution in [-0.2, 0) is 6.42 Å². The Labute approximate surface area is 177 Å². The van der Waals surface area contributed by atoms with Gasteiger partial charge in [0.25, 0.3) is 0 Å². The van der Waals surface area contributed by atoms with Crippen LogP contribution < -0.4 is 15.4 Å². The molecule has 0 amide bonds. The number of aliphatic imine (C=N–C) groups is 1. The van der Waals surface area contributed by atoms with Crippen molar-refractivity contribution in [2.24, 2.45) is 4.99 Å². The first-order valence-electron chi connectivity index (χ1n) is 10.9. The predicted octanol–water partition coefficient (Wildman–Crippen LogP) is 3.88. The normalized spacial score (nSPS) is 20.2. The van der Waals surface area contributed by atoms with Gasteiger partial charge in [0.15, 0.2) is 5.96 Å². The molecule has 0 radical (unpaired) electrons. The number of imidazole rings is 1. The van der Waals surface area contributed by atoms with Crippen molar-refractivity contribution < 1.29 is 4.74 Å². The lowest BCUT2D eigenvalue weighted by molar-refractivity contribution is 0.0396. The Hall–Kier alpha value is -3.02. The highest BCUT2D eigenvalue weighted by Crippen LogP contribution is 2.46. The van der Waals surface area contributed by atoms with Crippen LogP contribution >= 0.6 is 0 Å². The van der Waals surface area contributed by atoms with Crippen LogP contribution in [0.3, 0.4) is 0 Å². The molecule has 3 heterocycles. The third-order valence-corrected chi connectivity index (χ3v) is 6.33. The maximum Gasteiger partial charge on any atom is 0.191 e. The molecule has 1 fully saturated rings. The maximum atomic E-state index is 6.48. The predicted molar refractivity (Wildman–Crippen MR) is 119 cm³/mol. The van der Waals surface area contributed by atoms with Crippen molar-refractivity contribution in [3.8, 4) is 5.75 Å². The SMILES string of the molecule is CN=C(NCCc1cn2ccccc2n1)NC1CC2(CCCC2)Oc2ccccc21. The Morgan fingerprint density at radius 2 is 2.03 bits per heavy atom. The zero-order valence-corrected chi connectivity index (χ0v) is 17.5. The highest BCUT2D eigenvalue weighted by molar-refractivity contribution is 5.80.